The number of likely N-dealkylation sites (N-methyl/N-ethyl adjacent to an activating group) is 1. The molecule has 86 valence electrons. The van der Waals surface area contributed by atoms with Gasteiger partial charge in [-0.3, -0.25) is 4.90 Å². The molecule has 4 nitrogen and oxygen atoms in total. The second-order valence-corrected chi connectivity index (χ2v) is 3.59. The number of ether oxygens (including phenoxy) is 1. The van der Waals surface area contributed by atoms with Crippen molar-refractivity contribution < 1.29 is 14.3 Å². The average molecular weight is 213 g/mol. The molecule has 0 aliphatic carbocycles. The van der Waals surface area contributed by atoms with Crippen molar-refractivity contribution in [1.29, 1.82) is 0 Å². The van der Waals surface area contributed by atoms with Crippen molar-refractivity contribution in [3.63, 3.8) is 0 Å². The van der Waals surface area contributed by atoms with E-state index in [-0.39, 0.29) is 0 Å². The fraction of sp³-hybridized carbons (Fsp3) is 0.636. The van der Waals surface area contributed by atoms with Crippen molar-refractivity contribution in [2.75, 3.05) is 26.8 Å². The minimum absolute atomic E-state index is 0.388. The summed E-state index contributed by atoms with van der Waals surface area (Å²) in [6.45, 7) is 4.23. The molecule has 0 radical (unpaired) electrons. The Morgan fingerprint density at radius 2 is 2.40 bits per heavy atom. The highest BCUT2D eigenvalue weighted by atomic mass is 16.5. The van der Waals surface area contributed by atoms with E-state index < -0.39 is 6.10 Å². The second-order valence-electron chi connectivity index (χ2n) is 3.59. The van der Waals surface area contributed by atoms with E-state index >= 15 is 0 Å². The highest BCUT2D eigenvalue weighted by Gasteiger charge is 2.09. The molecular weight excluding hydrogens is 194 g/mol. The molecule has 0 saturated heterocycles. The van der Waals surface area contributed by atoms with E-state index in [0.29, 0.717) is 26.3 Å². The van der Waals surface area contributed by atoms with E-state index in [9.17, 15) is 5.11 Å². The molecule has 1 heterocycles. The molecule has 0 saturated carbocycles. The molecule has 1 aromatic heterocycles. The first-order valence-electron chi connectivity index (χ1n) is 5.19. The monoisotopic (exact) mass is 213 g/mol. The van der Waals surface area contributed by atoms with Gasteiger partial charge in [0.15, 0.2) is 0 Å². The highest BCUT2D eigenvalue weighted by molar-refractivity contribution is 4.97. The van der Waals surface area contributed by atoms with E-state index in [1.165, 1.54) is 0 Å². The lowest BCUT2D eigenvalue weighted by atomic mass is 10.3. The fourth-order valence-corrected chi connectivity index (χ4v) is 1.40. The van der Waals surface area contributed by atoms with Crippen LogP contribution in [0.4, 0.5) is 0 Å². The van der Waals surface area contributed by atoms with Crippen LogP contribution in [0.1, 0.15) is 12.7 Å². The summed E-state index contributed by atoms with van der Waals surface area (Å²) in [6.07, 6.45) is 1.21. The molecule has 0 aliphatic heterocycles. The zero-order valence-electron chi connectivity index (χ0n) is 9.35. The molecule has 0 aromatic carbocycles. The summed E-state index contributed by atoms with van der Waals surface area (Å²) in [5.74, 6) is 0.904. The van der Waals surface area contributed by atoms with Gasteiger partial charge in [0.2, 0.25) is 0 Å². The Morgan fingerprint density at radius 1 is 1.60 bits per heavy atom. The molecule has 1 rings (SSSR count). The third-order valence-electron chi connectivity index (χ3n) is 2.04. The van der Waals surface area contributed by atoms with E-state index in [1.54, 1.807) is 6.26 Å². The largest absolute Gasteiger partial charge is 0.468 e. The van der Waals surface area contributed by atoms with Crippen molar-refractivity contribution in [2.24, 2.45) is 0 Å². The number of aliphatic hydroxyl groups excluding tert-OH is 1. The van der Waals surface area contributed by atoms with Crippen LogP contribution >= 0.6 is 0 Å². The number of hydrogen-bond donors (Lipinski definition) is 1. The van der Waals surface area contributed by atoms with Crippen LogP contribution in [0.25, 0.3) is 0 Å². The fourth-order valence-electron chi connectivity index (χ4n) is 1.40. The predicted octanol–water partition coefficient (Wildman–Crippen LogP) is 1.11. The van der Waals surface area contributed by atoms with Crippen LogP contribution in [-0.4, -0.2) is 42.9 Å². The Balaban J connectivity index is 2.20. The lowest BCUT2D eigenvalue weighted by Gasteiger charge is -2.19. The molecule has 4 heteroatoms. The maximum atomic E-state index is 9.58. The Hall–Kier alpha value is -0.840. The summed E-state index contributed by atoms with van der Waals surface area (Å²) in [5, 5.41) is 9.58. The van der Waals surface area contributed by atoms with Gasteiger partial charge in [-0.05, 0) is 26.1 Å². The molecule has 1 atom stereocenters. The van der Waals surface area contributed by atoms with Crippen LogP contribution in [0.3, 0.4) is 0 Å². The SMILES string of the molecule is CCOCC(O)CN(C)Cc1ccco1. The van der Waals surface area contributed by atoms with Crippen LogP contribution in [0.5, 0.6) is 0 Å². The van der Waals surface area contributed by atoms with E-state index in [0.717, 1.165) is 5.76 Å². The minimum Gasteiger partial charge on any atom is -0.468 e. The Labute approximate surface area is 90.4 Å². The topological polar surface area (TPSA) is 45.8 Å². The summed E-state index contributed by atoms with van der Waals surface area (Å²) < 4.78 is 10.3. The average Bonchev–Trinajstić information content (AvgIpc) is 2.67. The summed E-state index contributed by atoms with van der Waals surface area (Å²) in [4.78, 5) is 2.00. The van der Waals surface area contributed by atoms with Gasteiger partial charge in [0.05, 0.1) is 25.5 Å². The first kappa shape index (κ1) is 12.2. The predicted molar refractivity (Wildman–Crippen MR) is 57.5 cm³/mol. The number of nitrogens with zero attached hydrogens (tertiary/aromatic N) is 1. The van der Waals surface area contributed by atoms with Gasteiger partial charge >= 0.3 is 0 Å². The van der Waals surface area contributed by atoms with Gasteiger partial charge in [0, 0.05) is 13.2 Å². The summed E-state index contributed by atoms with van der Waals surface area (Å²) in [7, 11) is 1.94. The van der Waals surface area contributed by atoms with Crippen LogP contribution < -0.4 is 0 Å². The van der Waals surface area contributed by atoms with Crippen molar-refractivity contribution in [3.8, 4) is 0 Å². The number of rotatable bonds is 7. The Morgan fingerprint density at radius 3 is 3.00 bits per heavy atom. The third-order valence-corrected chi connectivity index (χ3v) is 2.04. The summed E-state index contributed by atoms with van der Waals surface area (Å²) in [5.41, 5.74) is 0. The lowest BCUT2D eigenvalue weighted by molar-refractivity contribution is 0.0235. The van der Waals surface area contributed by atoms with Crippen LogP contribution in [0, 0.1) is 0 Å². The Kier molecular flexibility index (Phi) is 5.39. The summed E-state index contributed by atoms with van der Waals surface area (Å²) in [6, 6.07) is 3.78. The maximum Gasteiger partial charge on any atom is 0.117 e. The zero-order valence-corrected chi connectivity index (χ0v) is 9.35. The van der Waals surface area contributed by atoms with Gasteiger partial charge in [-0.25, -0.2) is 0 Å². The molecule has 0 amide bonds. The lowest BCUT2D eigenvalue weighted by Crippen LogP contribution is -2.31. The summed E-state index contributed by atoms with van der Waals surface area (Å²) >= 11 is 0. The van der Waals surface area contributed by atoms with Crippen LogP contribution in [0.15, 0.2) is 22.8 Å². The molecule has 0 bridgehead atoms. The van der Waals surface area contributed by atoms with Crippen molar-refractivity contribution in [1.82, 2.24) is 4.90 Å². The van der Waals surface area contributed by atoms with Gasteiger partial charge in [0.25, 0.3) is 0 Å². The third kappa shape index (κ3) is 4.97. The zero-order chi connectivity index (χ0) is 11.1. The smallest absolute Gasteiger partial charge is 0.117 e. The normalized spacial score (nSPS) is 13.3. The molecule has 0 spiro atoms. The molecular formula is C11H19NO3. The highest BCUT2D eigenvalue weighted by Crippen LogP contribution is 2.04. The molecule has 0 fully saturated rings. The van der Waals surface area contributed by atoms with Gasteiger partial charge < -0.3 is 14.3 Å². The van der Waals surface area contributed by atoms with Gasteiger partial charge in [-0.1, -0.05) is 0 Å². The van der Waals surface area contributed by atoms with Crippen molar-refractivity contribution in [2.45, 2.75) is 19.6 Å². The van der Waals surface area contributed by atoms with Crippen molar-refractivity contribution >= 4 is 0 Å². The van der Waals surface area contributed by atoms with Crippen LogP contribution in [-0.2, 0) is 11.3 Å². The molecule has 1 aromatic rings. The van der Waals surface area contributed by atoms with Crippen molar-refractivity contribution in [3.05, 3.63) is 24.2 Å². The first-order valence-corrected chi connectivity index (χ1v) is 5.19. The quantitative estimate of drug-likeness (QED) is 0.737. The standard InChI is InChI=1S/C11H19NO3/c1-3-14-9-10(13)7-12(2)8-11-5-4-6-15-11/h4-6,10,13H,3,7-9H2,1-2H3. The first-order chi connectivity index (χ1) is 7.22. The number of aliphatic hydroxyl groups is 1. The van der Waals surface area contributed by atoms with E-state index in [4.69, 9.17) is 9.15 Å². The molecule has 0 aliphatic rings. The van der Waals surface area contributed by atoms with Gasteiger partial charge in [0.1, 0.15) is 5.76 Å². The molecule has 1 N–H and O–H groups in total. The molecule has 15 heavy (non-hydrogen) atoms. The maximum absolute atomic E-state index is 9.58. The van der Waals surface area contributed by atoms with E-state index in [2.05, 4.69) is 0 Å². The second kappa shape index (κ2) is 6.61. The van der Waals surface area contributed by atoms with Crippen LogP contribution in [0.2, 0.25) is 0 Å². The minimum atomic E-state index is -0.440. The number of hydrogen-bond acceptors (Lipinski definition) is 4. The number of furan rings is 1. The molecule has 1 unspecified atom stereocenters. The Bertz CT molecular complexity index is 248. The van der Waals surface area contributed by atoms with Gasteiger partial charge in [-0.2, -0.15) is 0 Å². The van der Waals surface area contributed by atoms with Gasteiger partial charge in [-0.15, -0.1) is 0 Å². The van der Waals surface area contributed by atoms with E-state index in [1.807, 2.05) is 31.0 Å².